The molecule has 0 radical (unpaired) electrons. The monoisotopic (exact) mass is 283 g/mol. The van der Waals surface area contributed by atoms with Crippen molar-refractivity contribution in [2.24, 2.45) is 0 Å². The fraction of sp³-hybridized carbons (Fsp3) is 0.500. The summed E-state index contributed by atoms with van der Waals surface area (Å²) in [4.78, 5) is 11.5. The van der Waals surface area contributed by atoms with E-state index in [4.69, 9.17) is 4.74 Å². The van der Waals surface area contributed by atoms with Crippen molar-refractivity contribution >= 4 is 17.0 Å². The van der Waals surface area contributed by atoms with E-state index in [0.717, 1.165) is 5.56 Å². The summed E-state index contributed by atoms with van der Waals surface area (Å²) < 4.78 is 19.5. The molecule has 0 saturated carbocycles. The molecule has 0 fully saturated rings. The van der Waals surface area contributed by atoms with E-state index in [9.17, 15) is 9.00 Å². The average molecular weight is 283 g/mol. The fourth-order valence-electron chi connectivity index (χ4n) is 1.47. The van der Waals surface area contributed by atoms with Crippen LogP contribution in [0.1, 0.15) is 38.8 Å². The van der Waals surface area contributed by atoms with Crippen molar-refractivity contribution in [3.8, 4) is 0 Å². The Kier molecular flexibility index (Phi) is 5.69. The van der Waals surface area contributed by atoms with Crippen molar-refractivity contribution < 1.29 is 13.7 Å². The molecule has 0 heterocycles. The van der Waals surface area contributed by atoms with Crippen LogP contribution < -0.4 is 4.72 Å². The zero-order valence-electron chi connectivity index (χ0n) is 11.8. The molecule has 0 amide bonds. The second kappa shape index (κ2) is 6.82. The first kappa shape index (κ1) is 15.9. The van der Waals surface area contributed by atoms with Gasteiger partial charge >= 0.3 is 5.97 Å². The van der Waals surface area contributed by atoms with Crippen LogP contribution in [0, 0.1) is 0 Å². The number of ether oxygens (including phenoxy) is 1. The highest BCUT2D eigenvalue weighted by atomic mass is 32.2. The standard InChI is InChI=1S/C14H21NO3S/c1-14(2,3)19(17)15-12(10-13(16)18-4)11-8-6-5-7-9-11/h5-9,12,15H,10H2,1-4H3/t12-,19?/m0/s1. The maximum Gasteiger partial charge on any atom is 0.307 e. The summed E-state index contributed by atoms with van der Waals surface area (Å²) in [6.45, 7) is 5.66. The van der Waals surface area contributed by atoms with E-state index in [1.165, 1.54) is 7.11 Å². The van der Waals surface area contributed by atoms with Crippen molar-refractivity contribution in [1.29, 1.82) is 0 Å². The van der Waals surface area contributed by atoms with Gasteiger partial charge in [-0.1, -0.05) is 30.3 Å². The maximum absolute atomic E-state index is 12.2. The third kappa shape index (κ3) is 5.12. The number of esters is 1. The molecule has 0 bridgehead atoms. The molecule has 0 aromatic heterocycles. The Bertz CT molecular complexity index is 440. The van der Waals surface area contributed by atoms with Crippen molar-refractivity contribution in [3.05, 3.63) is 35.9 Å². The number of hydrogen-bond donors (Lipinski definition) is 1. The second-order valence-electron chi connectivity index (χ2n) is 5.24. The Morgan fingerprint density at radius 2 is 1.89 bits per heavy atom. The van der Waals surface area contributed by atoms with Gasteiger partial charge in [0.15, 0.2) is 0 Å². The lowest BCUT2D eigenvalue weighted by atomic mass is 10.1. The van der Waals surface area contributed by atoms with Gasteiger partial charge in [-0.2, -0.15) is 0 Å². The minimum absolute atomic E-state index is 0.155. The van der Waals surface area contributed by atoms with Gasteiger partial charge in [0.25, 0.3) is 0 Å². The summed E-state index contributed by atoms with van der Waals surface area (Å²) in [5.74, 6) is -0.327. The predicted molar refractivity (Wildman–Crippen MR) is 76.8 cm³/mol. The molecule has 106 valence electrons. The summed E-state index contributed by atoms with van der Waals surface area (Å²) in [7, 11) is 0.108. The van der Waals surface area contributed by atoms with Crippen molar-refractivity contribution in [2.45, 2.75) is 38.0 Å². The highest BCUT2D eigenvalue weighted by Crippen LogP contribution is 2.20. The summed E-state index contributed by atoms with van der Waals surface area (Å²) in [5.41, 5.74) is 0.922. The third-order valence-corrected chi connectivity index (χ3v) is 4.22. The maximum atomic E-state index is 12.2. The minimum Gasteiger partial charge on any atom is -0.469 e. The summed E-state index contributed by atoms with van der Waals surface area (Å²) >= 11 is 0. The highest BCUT2D eigenvalue weighted by Gasteiger charge is 2.25. The lowest BCUT2D eigenvalue weighted by molar-refractivity contribution is -0.141. The SMILES string of the molecule is COC(=O)C[C@H](NS(=O)C(C)(C)C)c1ccccc1. The number of benzene rings is 1. The molecule has 1 rings (SSSR count). The molecule has 1 aromatic carbocycles. The van der Waals surface area contributed by atoms with Gasteiger partial charge in [0.1, 0.15) is 0 Å². The van der Waals surface area contributed by atoms with Crippen molar-refractivity contribution in [2.75, 3.05) is 7.11 Å². The van der Waals surface area contributed by atoms with Gasteiger partial charge in [0, 0.05) is 0 Å². The molecule has 0 aliphatic rings. The molecule has 2 atom stereocenters. The molecule has 0 spiro atoms. The Hall–Kier alpha value is -1.20. The Balaban J connectivity index is 2.88. The van der Waals surface area contributed by atoms with Crippen LogP contribution in [0.2, 0.25) is 0 Å². The Labute approximate surface area is 117 Å². The van der Waals surface area contributed by atoms with Gasteiger partial charge < -0.3 is 4.74 Å². The number of carbonyl (C=O) groups excluding carboxylic acids is 1. The van der Waals surface area contributed by atoms with Gasteiger partial charge in [-0.3, -0.25) is 4.79 Å². The molecule has 4 nitrogen and oxygen atoms in total. The summed E-state index contributed by atoms with van der Waals surface area (Å²) in [6.07, 6.45) is 0.155. The van der Waals surface area contributed by atoms with Crippen LogP contribution in [0.4, 0.5) is 0 Å². The predicted octanol–water partition coefficient (Wildman–Crippen LogP) is 2.34. The van der Waals surface area contributed by atoms with Crippen molar-refractivity contribution in [1.82, 2.24) is 4.72 Å². The van der Waals surface area contributed by atoms with Gasteiger partial charge in [0.05, 0.1) is 35.3 Å². The zero-order valence-corrected chi connectivity index (χ0v) is 12.6. The van der Waals surface area contributed by atoms with Crippen LogP contribution in [-0.4, -0.2) is 22.0 Å². The summed E-state index contributed by atoms with van der Waals surface area (Å²) in [5, 5.41) is 0. The normalized spacial score (nSPS) is 14.7. The van der Waals surface area contributed by atoms with Crippen LogP contribution in [0.15, 0.2) is 30.3 Å². The molecule has 1 N–H and O–H groups in total. The average Bonchev–Trinajstić information content (AvgIpc) is 2.37. The van der Waals surface area contributed by atoms with E-state index >= 15 is 0 Å². The molecular formula is C14H21NO3S. The van der Waals surface area contributed by atoms with Gasteiger partial charge in [-0.25, -0.2) is 8.93 Å². The largest absolute Gasteiger partial charge is 0.469 e. The van der Waals surface area contributed by atoms with Crippen molar-refractivity contribution in [3.63, 3.8) is 0 Å². The summed E-state index contributed by atoms with van der Waals surface area (Å²) in [6, 6.07) is 9.18. The number of hydrogen-bond acceptors (Lipinski definition) is 3. The van der Waals surface area contributed by atoms with Crippen LogP contribution in [-0.2, 0) is 20.5 Å². The highest BCUT2D eigenvalue weighted by molar-refractivity contribution is 7.84. The van der Waals surface area contributed by atoms with E-state index < -0.39 is 11.0 Å². The molecule has 5 heteroatoms. The van der Waals surface area contributed by atoms with Gasteiger partial charge in [-0.15, -0.1) is 0 Å². The number of rotatable bonds is 5. The molecule has 0 aliphatic heterocycles. The van der Waals surface area contributed by atoms with E-state index in [0.29, 0.717) is 0 Å². The minimum atomic E-state index is -1.24. The molecule has 0 saturated heterocycles. The van der Waals surface area contributed by atoms with E-state index in [-0.39, 0.29) is 23.2 Å². The molecule has 0 aliphatic carbocycles. The lowest BCUT2D eigenvalue weighted by Crippen LogP contribution is -2.36. The molecule has 1 aromatic rings. The number of carbonyl (C=O) groups is 1. The molecular weight excluding hydrogens is 262 g/mol. The first-order chi connectivity index (χ1) is 8.84. The topological polar surface area (TPSA) is 55.4 Å². The first-order valence-corrected chi connectivity index (χ1v) is 7.29. The first-order valence-electron chi connectivity index (χ1n) is 6.14. The number of methoxy groups -OCH3 is 1. The quantitative estimate of drug-likeness (QED) is 0.844. The van der Waals surface area contributed by atoms with Gasteiger partial charge in [-0.05, 0) is 26.3 Å². The Morgan fingerprint density at radius 1 is 1.32 bits per heavy atom. The fourth-order valence-corrected chi connectivity index (χ4v) is 2.30. The number of nitrogens with one attached hydrogen (secondary N) is 1. The van der Waals surface area contributed by atoms with Crippen LogP contribution in [0.5, 0.6) is 0 Å². The smallest absolute Gasteiger partial charge is 0.307 e. The van der Waals surface area contributed by atoms with Crippen LogP contribution in [0.25, 0.3) is 0 Å². The van der Waals surface area contributed by atoms with E-state index in [2.05, 4.69) is 4.72 Å². The van der Waals surface area contributed by atoms with E-state index in [1.807, 2.05) is 51.1 Å². The zero-order chi connectivity index (χ0) is 14.5. The van der Waals surface area contributed by atoms with E-state index in [1.54, 1.807) is 0 Å². The lowest BCUT2D eigenvalue weighted by Gasteiger charge is -2.24. The van der Waals surface area contributed by atoms with Crippen LogP contribution >= 0.6 is 0 Å². The van der Waals surface area contributed by atoms with Gasteiger partial charge in [0.2, 0.25) is 0 Å². The third-order valence-electron chi connectivity index (χ3n) is 2.61. The Morgan fingerprint density at radius 3 is 2.37 bits per heavy atom. The van der Waals surface area contributed by atoms with Crippen LogP contribution in [0.3, 0.4) is 0 Å². The second-order valence-corrected chi connectivity index (χ2v) is 7.24. The molecule has 1 unspecified atom stereocenters. The molecule has 19 heavy (non-hydrogen) atoms.